The Balaban J connectivity index is 2.40. The number of rotatable bonds is 6. The predicted octanol–water partition coefficient (Wildman–Crippen LogP) is 2.81. The number of methoxy groups -OCH3 is 1. The first kappa shape index (κ1) is 16.5. The second-order valence-electron chi connectivity index (χ2n) is 4.70. The molecule has 5 nitrogen and oxygen atoms in total. The van der Waals surface area contributed by atoms with Gasteiger partial charge in [-0.05, 0) is 24.1 Å². The molecule has 0 spiro atoms. The third kappa shape index (κ3) is 3.64. The minimum atomic E-state index is -0.242. The monoisotopic (exact) mass is 372 g/mol. The summed E-state index contributed by atoms with van der Waals surface area (Å²) in [5.74, 6) is 5.75. The maximum Gasteiger partial charge on any atom is 0.0893 e. The standard InChI is InChI=1S/C14H18BrClN4O/c1-9-3-4-10(7-11(9)15)13(19-17)14-12(16)8-18-20(14)5-6-21-2/h3-4,7-8,13,19H,5-6,17H2,1-2H3. The lowest BCUT2D eigenvalue weighted by atomic mass is 10.0. The Labute approximate surface area is 137 Å². The quantitative estimate of drug-likeness (QED) is 0.604. The average Bonchev–Trinajstić information content (AvgIpc) is 2.83. The molecule has 1 aromatic heterocycles. The molecule has 21 heavy (non-hydrogen) atoms. The fourth-order valence-electron chi connectivity index (χ4n) is 2.14. The van der Waals surface area contributed by atoms with Gasteiger partial charge in [0.25, 0.3) is 0 Å². The zero-order valence-corrected chi connectivity index (χ0v) is 14.3. The first-order chi connectivity index (χ1) is 10.1. The summed E-state index contributed by atoms with van der Waals surface area (Å²) < 4.78 is 7.94. The fourth-order valence-corrected chi connectivity index (χ4v) is 2.78. The van der Waals surface area contributed by atoms with Crippen molar-refractivity contribution in [3.8, 4) is 0 Å². The van der Waals surface area contributed by atoms with E-state index in [-0.39, 0.29) is 6.04 Å². The highest BCUT2D eigenvalue weighted by Crippen LogP contribution is 2.30. The minimum Gasteiger partial charge on any atom is -0.383 e. The lowest BCUT2D eigenvalue weighted by Crippen LogP contribution is -2.31. The highest BCUT2D eigenvalue weighted by molar-refractivity contribution is 9.10. The third-order valence-corrected chi connectivity index (χ3v) is 4.46. The summed E-state index contributed by atoms with van der Waals surface area (Å²) in [4.78, 5) is 0. The topological polar surface area (TPSA) is 65.1 Å². The number of aromatic nitrogens is 2. The molecule has 0 aliphatic carbocycles. The first-order valence-electron chi connectivity index (χ1n) is 6.50. The molecule has 3 N–H and O–H groups in total. The van der Waals surface area contributed by atoms with Crippen LogP contribution in [0.4, 0.5) is 0 Å². The van der Waals surface area contributed by atoms with Crippen molar-refractivity contribution in [2.75, 3.05) is 13.7 Å². The number of hydrazine groups is 1. The number of nitrogens with one attached hydrogen (secondary N) is 1. The van der Waals surface area contributed by atoms with Crippen molar-refractivity contribution in [3.63, 3.8) is 0 Å². The molecule has 1 heterocycles. The highest BCUT2D eigenvalue weighted by atomic mass is 79.9. The van der Waals surface area contributed by atoms with Crippen molar-refractivity contribution in [1.82, 2.24) is 15.2 Å². The van der Waals surface area contributed by atoms with Gasteiger partial charge in [0.2, 0.25) is 0 Å². The van der Waals surface area contributed by atoms with E-state index in [1.54, 1.807) is 13.3 Å². The van der Waals surface area contributed by atoms with Crippen LogP contribution in [-0.4, -0.2) is 23.5 Å². The van der Waals surface area contributed by atoms with E-state index in [9.17, 15) is 0 Å². The number of hydrogen-bond acceptors (Lipinski definition) is 4. The van der Waals surface area contributed by atoms with Crippen LogP contribution < -0.4 is 11.3 Å². The van der Waals surface area contributed by atoms with Crippen LogP contribution in [0.25, 0.3) is 0 Å². The summed E-state index contributed by atoms with van der Waals surface area (Å²) in [6.07, 6.45) is 1.63. The van der Waals surface area contributed by atoms with Gasteiger partial charge in [-0.1, -0.05) is 39.7 Å². The molecule has 0 bridgehead atoms. The summed E-state index contributed by atoms with van der Waals surface area (Å²) in [6, 6.07) is 5.85. The second-order valence-corrected chi connectivity index (χ2v) is 5.96. The predicted molar refractivity (Wildman–Crippen MR) is 87.2 cm³/mol. The highest BCUT2D eigenvalue weighted by Gasteiger charge is 2.21. The van der Waals surface area contributed by atoms with Crippen molar-refractivity contribution < 1.29 is 4.74 Å². The van der Waals surface area contributed by atoms with Crippen molar-refractivity contribution in [1.29, 1.82) is 0 Å². The van der Waals surface area contributed by atoms with Gasteiger partial charge in [0.15, 0.2) is 0 Å². The van der Waals surface area contributed by atoms with Gasteiger partial charge in [-0.3, -0.25) is 10.5 Å². The van der Waals surface area contributed by atoms with Gasteiger partial charge >= 0.3 is 0 Å². The molecular weight excluding hydrogens is 356 g/mol. The van der Waals surface area contributed by atoms with Crippen LogP contribution in [0.2, 0.25) is 5.02 Å². The molecule has 2 aromatic rings. The van der Waals surface area contributed by atoms with Gasteiger partial charge in [0.05, 0.1) is 36.1 Å². The molecule has 1 atom stereocenters. The SMILES string of the molecule is COCCn1ncc(Cl)c1C(NN)c1ccc(C)c(Br)c1. The Morgan fingerprint density at radius 1 is 1.52 bits per heavy atom. The molecule has 0 radical (unpaired) electrons. The van der Waals surface area contributed by atoms with E-state index in [0.717, 1.165) is 21.3 Å². The van der Waals surface area contributed by atoms with Gasteiger partial charge in [0, 0.05) is 11.6 Å². The minimum absolute atomic E-state index is 0.242. The molecule has 0 amide bonds. The van der Waals surface area contributed by atoms with Gasteiger partial charge in [-0.2, -0.15) is 5.10 Å². The van der Waals surface area contributed by atoms with Crippen LogP contribution in [0.15, 0.2) is 28.9 Å². The molecule has 0 saturated carbocycles. The number of aryl methyl sites for hydroxylation is 1. The second kappa shape index (κ2) is 7.38. The van der Waals surface area contributed by atoms with E-state index in [1.165, 1.54) is 0 Å². The van der Waals surface area contributed by atoms with E-state index in [1.807, 2.05) is 29.8 Å². The Bertz CT molecular complexity index is 617. The molecule has 2 rings (SSSR count). The van der Waals surface area contributed by atoms with Crippen LogP contribution in [0.3, 0.4) is 0 Å². The zero-order chi connectivity index (χ0) is 15.4. The van der Waals surface area contributed by atoms with Crippen LogP contribution in [0.5, 0.6) is 0 Å². The van der Waals surface area contributed by atoms with Gasteiger partial charge in [-0.25, -0.2) is 5.43 Å². The van der Waals surface area contributed by atoms with Gasteiger partial charge in [-0.15, -0.1) is 0 Å². The van der Waals surface area contributed by atoms with E-state index in [2.05, 4.69) is 26.5 Å². The zero-order valence-electron chi connectivity index (χ0n) is 11.9. The van der Waals surface area contributed by atoms with Crippen LogP contribution in [0.1, 0.15) is 22.9 Å². The largest absolute Gasteiger partial charge is 0.383 e. The Morgan fingerprint density at radius 2 is 2.29 bits per heavy atom. The normalized spacial score (nSPS) is 12.6. The number of nitrogens with two attached hydrogens (primary N) is 1. The summed E-state index contributed by atoms with van der Waals surface area (Å²) in [5, 5.41) is 4.86. The lowest BCUT2D eigenvalue weighted by Gasteiger charge is -2.19. The Hall–Kier alpha value is -0.920. The maximum atomic E-state index is 6.29. The average molecular weight is 374 g/mol. The smallest absolute Gasteiger partial charge is 0.0893 e. The molecule has 1 aromatic carbocycles. The third-order valence-electron chi connectivity index (χ3n) is 3.31. The van der Waals surface area contributed by atoms with E-state index in [0.29, 0.717) is 18.2 Å². The molecule has 1 unspecified atom stereocenters. The number of ether oxygens (including phenoxy) is 1. The Morgan fingerprint density at radius 3 is 2.90 bits per heavy atom. The van der Waals surface area contributed by atoms with Gasteiger partial charge < -0.3 is 4.74 Å². The first-order valence-corrected chi connectivity index (χ1v) is 7.68. The lowest BCUT2D eigenvalue weighted by molar-refractivity contribution is 0.182. The molecule has 114 valence electrons. The number of nitrogens with zero attached hydrogens (tertiary/aromatic N) is 2. The number of benzene rings is 1. The van der Waals surface area contributed by atoms with Crippen molar-refractivity contribution in [2.24, 2.45) is 5.84 Å². The Kier molecular flexibility index (Phi) is 5.78. The van der Waals surface area contributed by atoms with E-state index < -0.39 is 0 Å². The fraction of sp³-hybridized carbons (Fsp3) is 0.357. The number of halogens is 2. The van der Waals surface area contributed by atoms with E-state index in [4.69, 9.17) is 22.2 Å². The summed E-state index contributed by atoms with van der Waals surface area (Å²) >= 11 is 9.83. The molecule has 0 saturated heterocycles. The molecule has 0 aliphatic rings. The van der Waals surface area contributed by atoms with Crippen molar-refractivity contribution >= 4 is 27.5 Å². The molecular formula is C14H18BrClN4O. The van der Waals surface area contributed by atoms with Crippen molar-refractivity contribution in [2.45, 2.75) is 19.5 Å². The maximum absolute atomic E-state index is 6.29. The van der Waals surface area contributed by atoms with Crippen LogP contribution in [0, 0.1) is 6.92 Å². The summed E-state index contributed by atoms with van der Waals surface area (Å²) in [7, 11) is 1.65. The molecule has 0 aliphatic heterocycles. The molecule has 7 heteroatoms. The van der Waals surface area contributed by atoms with Crippen molar-refractivity contribution in [3.05, 3.63) is 50.7 Å². The van der Waals surface area contributed by atoms with Gasteiger partial charge in [0.1, 0.15) is 0 Å². The van der Waals surface area contributed by atoms with Crippen LogP contribution in [-0.2, 0) is 11.3 Å². The summed E-state index contributed by atoms with van der Waals surface area (Å²) in [6.45, 7) is 3.21. The number of hydrogen-bond donors (Lipinski definition) is 2. The molecule has 0 fully saturated rings. The van der Waals surface area contributed by atoms with Crippen LogP contribution >= 0.6 is 27.5 Å². The van der Waals surface area contributed by atoms with E-state index >= 15 is 0 Å². The summed E-state index contributed by atoms with van der Waals surface area (Å²) in [5.41, 5.74) is 5.81.